The van der Waals surface area contributed by atoms with E-state index in [0.29, 0.717) is 5.88 Å². The van der Waals surface area contributed by atoms with Crippen LogP contribution in [-0.2, 0) is 5.88 Å². The fraction of sp³-hybridized carbons (Fsp3) is 0.250. The maximum Gasteiger partial charge on any atom is 0.0484 e. The molecule has 0 unspecified atom stereocenters. The first-order valence-corrected chi connectivity index (χ1v) is 5.56. The molecular formula is C8H7BrClI. The molecule has 0 saturated heterocycles. The normalized spacial score (nSPS) is 10.2. The maximum atomic E-state index is 5.73. The molecule has 0 aliphatic heterocycles. The quantitative estimate of drug-likeness (QED) is 0.531. The van der Waals surface area contributed by atoms with Crippen molar-refractivity contribution in [2.45, 2.75) is 12.8 Å². The van der Waals surface area contributed by atoms with Crippen molar-refractivity contribution in [2.75, 3.05) is 0 Å². The van der Waals surface area contributed by atoms with Crippen molar-refractivity contribution in [2.24, 2.45) is 0 Å². The lowest BCUT2D eigenvalue weighted by Crippen LogP contribution is -1.86. The van der Waals surface area contributed by atoms with Crippen LogP contribution < -0.4 is 0 Å². The Balaban J connectivity index is 3.21. The smallest absolute Gasteiger partial charge is 0.0484 e. The topological polar surface area (TPSA) is 0 Å². The third kappa shape index (κ3) is 2.33. The molecule has 60 valence electrons. The van der Waals surface area contributed by atoms with Gasteiger partial charge in [-0.1, -0.05) is 15.9 Å². The molecule has 0 aliphatic carbocycles. The Hall–Kier alpha value is 0.720. The number of hydrogen-bond acceptors (Lipinski definition) is 0. The molecule has 0 aromatic heterocycles. The molecule has 0 atom stereocenters. The molecule has 0 heterocycles. The van der Waals surface area contributed by atoms with E-state index >= 15 is 0 Å². The predicted octanol–water partition coefficient (Wildman–Crippen LogP) is 4.10. The second kappa shape index (κ2) is 4.10. The number of aryl methyl sites for hydroxylation is 1. The third-order valence-electron chi connectivity index (χ3n) is 1.47. The molecule has 0 spiro atoms. The number of alkyl halides is 1. The van der Waals surface area contributed by atoms with Crippen LogP contribution in [0.15, 0.2) is 16.6 Å². The summed E-state index contributed by atoms with van der Waals surface area (Å²) in [6, 6.07) is 4.20. The first kappa shape index (κ1) is 9.81. The Morgan fingerprint density at radius 2 is 2.18 bits per heavy atom. The van der Waals surface area contributed by atoms with Crippen LogP contribution >= 0.6 is 50.1 Å². The zero-order valence-corrected chi connectivity index (χ0v) is 10.5. The van der Waals surface area contributed by atoms with Gasteiger partial charge in [0.1, 0.15) is 0 Å². The number of benzene rings is 1. The zero-order chi connectivity index (χ0) is 8.43. The van der Waals surface area contributed by atoms with E-state index in [1.54, 1.807) is 0 Å². The van der Waals surface area contributed by atoms with Crippen molar-refractivity contribution in [1.82, 2.24) is 0 Å². The minimum Gasteiger partial charge on any atom is -0.122 e. The van der Waals surface area contributed by atoms with Gasteiger partial charge < -0.3 is 0 Å². The van der Waals surface area contributed by atoms with Crippen LogP contribution in [0.1, 0.15) is 11.1 Å². The molecule has 0 radical (unpaired) electrons. The average Bonchev–Trinajstić information content (AvgIpc) is 1.97. The number of rotatable bonds is 1. The average molecular weight is 345 g/mol. The highest BCUT2D eigenvalue weighted by molar-refractivity contribution is 14.1. The van der Waals surface area contributed by atoms with Gasteiger partial charge in [0, 0.05) is 13.9 Å². The summed E-state index contributed by atoms with van der Waals surface area (Å²) in [7, 11) is 0. The van der Waals surface area contributed by atoms with Crippen molar-refractivity contribution in [1.29, 1.82) is 0 Å². The summed E-state index contributed by atoms with van der Waals surface area (Å²) < 4.78 is 2.37. The second-order valence-electron chi connectivity index (χ2n) is 2.33. The van der Waals surface area contributed by atoms with Crippen LogP contribution in [0.4, 0.5) is 0 Å². The van der Waals surface area contributed by atoms with E-state index in [0.717, 1.165) is 4.47 Å². The van der Waals surface area contributed by atoms with Crippen LogP contribution in [0.3, 0.4) is 0 Å². The Morgan fingerprint density at radius 3 is 2.73 bits per heavy atom. The molecule has 11 heavy (non-hydrogen) atoms. The summed E-state index contributed by atoms with van der Waals surface area (Å²) in [5, 5.41) is 0. The number of halogens is 3. The van der Waals surface area contributed by atoms with E-state index in [4.69, 9.17) is 11.6 Å². The minimum atomic E-state index is 0.581. The van der Waals surface area contributed by atoms with Gasteiger partial charge in [-0.25, -0.2) is 0 Å². The Morgan fingerprint density at radius 1 is 1.55 bits per heavy atom. The van der Waals surface area contributed by atoms with Crippen LogP contribution in [-0.4, -0.2) is 0 Å². The second-order valence-corrected chi connectivity index (χ2v) is 4.61. The van der Waals surface area contributed by atoms with Crippen molar-refractivity contribution < 1.29 is 0 Å². The van der Waals surface area contributed by atoms with Gasteiger partial charge in [0.05, 0.1) is 0 Å². The first-order valence-electron chi connectivity index (χ1n) is 3.15. The van der Waals surface area contributed by atoms with Crippen molar-refractivity contribution in [3.63, 3.8) is 0 Å². The lowest BCUT2D eigenvalue weighted by Gasteiger charge is -2.03. The van der Waals surface area contributed by atoms with Crippen molar-refractivity contribution in [3.8, 4) is 0 Å². The molecule has 0 fully saturated rings. The fourth-order valence-electron chi connectivity index (χ4n) is 0.790. The summed E-state index contributed by atoms with van der Waals surface area (Å²) in [6.07, 6.45) is 0. The molecule has 0 amide bonds. The van der Waals surface area contributed by atoms with Crippen LogP contribution in [0.5, 0.6) is 0 Å². The summed E-state index contributed by atoms with van der Waals surface area (Å²) in [4.78, 5) is 0. The highest BCUT2D eigenvalue weighted by Crippen LogP contribution is 2.23. The van der Waals surface area contributed by atoms with Crippen LogP contribution in [0, 0.1) is 10.5 Å². The SMILES string of the molecule is Cc1cc(I)c(CCl)cc1Br. The highest BCUT2D eigenvalue weighted by atomic mass is 127. The molecule has 0 nitrogen and oxygen atoms in total. The summed E-state index contributed by atoms with van der Waals surface area (Å²) >= 11 is 11.5. The Kier molecular flexibility index (Phi) is 3.65. The van der Waals surface area contributed by atoms with E-state index in [1.807, 2.05) is 0 Å². The predicted molar refractivity (Wildman–Crippen MR) is 61.2 cm³/mol. The molecular weight excluding hydrogens is 338 g/mol. The van der Waals surface area contributed by atoms with E-state index in [1.165, 1.54) is 14.7 Å². The monoisotopic (exact) mass is 344 g/mol. The largest absolute Gasteiger partial charge is 0.122 e. The third-order valence-corrected chi connectivity index (χ3v) is 3.62. The summed E-state index contributed by atoms with van der Waals surface area (Å²) in [6.45, 7) is 2.07. The summed E-state index contributed by atoms with van der Waals surface area (Å²) in [5.74, 6) is 0.581. The molecule has 1 aromatic carbocycles. The lowest BCUT2D eigenvalue weighted by molar-refractivity contribution is 1.30. The van der Waals surface area contributed by atoms with E-state index in [2.05, 4.69) is 57.6 Å². The van der Waals surface area contributed by atoms with Gasteiger partial charge in [0.25, 0.3) is 0 Å². The standard InChI is InChI=1S/C8H7BrClI/c1-5-2-8(11)6(4-10)3-7(5)9/h2-3H,4H2,1H3. The van der Waals surface area contributed by atoms with Crippen LogP contribution in [0.2, 0.25) is 0 Å². The number of hydrogen-bond donors (Lipinski definition) is 0. The Bertz CT molecular complexity index is 273. The molecule has 0 N–H and O–H groups in total. The van der Waals surface area contributed by atoms with Crippen LogP contribution in [0.25, 0.3) is 0 Å². The minimum absolute atomic E-state index is 0.581. The highest BCUT2D eigenvalue weighted by Gasteiger charge is 2.01. The molecule has 1 rings (SSSR count). The zero-order valence-electron chi connectivity index (χ0n) is 6.00. The molecule has 0 aliphatic rings. The summed E-state index contributed by atoms with van der Waals surface area (Å²) in [5.41, 5.74) is 2.44. The van der Waals surface area contributed by atoms with Crippen molar-refractivity contribution >= 4 is 50.1 Å². The molecule has 0 saturated carbocycles. The molecule has 0 bridgehead atoms. The Labute approximate surface area is 93.6 Å². The van der Waals surface area contributed by atoms with E-state index in [9.17, 15) is 0 Å². The van der Waals surface area contributed by atoms with Gasteiger partial charge in [-0.15, -0.1) is 11.6 Å². The van der Waals surface area contributed by atoms with Gasteiger partial charge in [-0.2, -0.15) is 0 Å². The molecule has 3 heteroatoms. The van der Waals surface area contributed by atoms with Gasteiger partial charge in [-0.05, 0) is 52.8 Å². The van der Waals surface area contributed by atoms with Gasteiger partial charge in [-0.3, -0.25) is 0 Å². The fourth-order valence-corrected chi connectivity index (χ4v) is 2.44. The van der Waals surface area contributed by atoms with E-state index < -0.39 is 0 Å². The van der Waals surface area contributed by atoms with Gasteiger partial charge in [0.2, 0.25) is 0 Å². The molecule has 1 aromatic rings. The first-order chi connectivity index (χ1) is 5.15. The lowest BCUT2D eigenvalue weighted by atomic mass is 10.2. The van der Waals surface area contributed by atoms with Crippen molar-refractivity contribution in [3.05, 3.63) is 31.3 Å². The van der Waals surface area contributed by atoms with Gasteiger partial charge >= 0.3 is 0 Å². The van der Waals surface area contributed by atoms with Gasteiger partial charge in [0.15, 0.2) is 0 Å². The van der Waals surface area contributed by atoms with E-state index in [-0.39, 0.29) is 0 Å². The maximum absolute atomic E-state index is 5.73.